The van der Waals surface area contributed by atoms with E-state index in [9.17, 15) is 13.2 Å². The van der Waals surface area contributed by atoms with Crippen LogP contribution < -0.4 is 4.90 Å². The standard InChI is InChI=1S/C15H13F3N2.2C2H6/c1-20-9-13(12-8-19-6-5-14(12)20)10-3-2-4-11(7-10)15(16,17)18;2*1-2/h2-8,13H,9H2,1H3;2*1-2H3. The third-order valence-corrected chi connectivity index (χ3v) is 3.69. The first kappa shape index (κ1) is 20.0. The summed E-state index contributed by atoms with van der Waals surface area (Å²) < 4.78 is 38.4. The maximum Gasteiger partial charge on any atom is 0.416 e. The van der Waals surface area contributed by atoms with E-state index in [1.165, 1.54) is 12.1 Å². The van der Waals surface area contributed by atoms with Crippen molar-refractivity contribution >= 4 is 5.69 Å². The zero-order valence-electron chi connectivity index (χ0n) is 14.9. The van der Waals surface area contributed by atoms with E-state index in [0.717, 1.165) is 17.3 Å². The molecule has 5 heteroatoms. The van der Waals surface area contributed by atoms with Gasteiger partial charge in [-0.3, -0.25) is 4.98 Å². The summed E-state index contributed by atoms with van der Waals surface area (Å²) in [4.78, 5) is 6.13. The van der Waals surface area contributed by atoms with Crippen molar-refractivity contribution in [2.75, 3.05) is 18.5 Å². The molecule has 0 spiro atoms. The number of aromatic nitrogens is 1. The molecule has 1 atom stereocenters. The molecule has 0 aliphatic carbocycles. The van der Waals surface area contributed by atoms with Crippen molar-refractivity contribution in [3.63, 3.8) is 0 Å². The second-order valence-electron chi connectivity index (χ2n) is 4.99. The Morgan fingerprint density at radius 1 is 1.08 bits per heavy atom. The van der Waals surface area contributed by atoms with Crippen molar-refractivity contribution in [1.29, 1.82) is 0 Å². The number of nitrogens with zero attached hydrogens (tertiary/aromatic N) is 2. The van der Waals surface area contributed by atoms with Gasteiger partial charge in [-0.05, 0) is 17.7 Å². The molecule has 0 bridgehead atoms. The van der Waals surface area contributed by atoms with E-state index in [1.807, 2.05) is 45.7 Å². The number of pyridine rings is 1. The third-order valence-electron chi connectivity index (χ3n) is 3.69. The summed E-state index contributed by atoms with van der Waals surface area (Å²) in [7, 11) is 1.94. The van der Waals surface area contributed by atoms with Gasteiger partial charge < -0.3 is 4.90 Å². The van der Waals surface area contributed by atoms with E-state index >= 15 is 0 Å². The normalized spacial score (nSPS) is 15.7. The lowest BCUT2D eigenvalue weighted by molar-refractivity contribution is -0.137. The van der Waals surface area contributed by atoms with Gasteiger partial charge in [-0.25, -0.2) is 0 Å². The highest BCUT2D eigenvalue weighted by atomic mass is 19.4. The molecule has 2 nitrogen and oxygen atoms in total. The molecule has 1 aliphatic rings. The van der Waals surface area contributed by atoms with Gasteiger partial charge in [-0.1, -0.05) is 45.9 Å². The summed E-state index contributed by atoms with van der Waals surface area (Å²) in [6.45, 7) is 8.67. The van der Waals surface area contributed by atoms with Gasteiger partial charge in [0.15, 0.2) is 0 Å². The quantitative estimate of drug-likeness (QED) is 0.659. The van der Waals surface area contributed by atoms with Crippen LogP contribution in [0.3, 0.4) is 0 Å². The van der Waals surface area contributed by atoms with Gasteiger partial charge in [-0.2, -0.15) is 13.2 Å². The molecule has 0 amide bonds. The lowest BCUT2D eigenvalue weighted by Gasteiger charge is -2.15. The molecule has 3 rings (SSSR count). The maximum absolute atomic E-state index is 12.8. The van der Waals surface area contributed by atoms with Crippen LogP contribution in [-0.4, -0.2) is 18.6 Å². The Bertz CT molecular complexity index is 639. The highest BCUT2D eigenvalue weighted by Gasteiger charge is 2.33. The van der Waals surface area contributed by atoms with E-state index in [4.69, 9.17) is 0 Å². The smallest absolute Gasteiger partial charge is 0.373 e. The third kappa shape index (κ3) is 4.28. The van der Waals surface area contributed by atoms with Crippen LogP contribution in [0.5, 0.6) is 0 Å². The van der Waals surface area contributed by atoms with Gasteiger partial charge in [0.25, 0.3) is 0 Å². The zero-order valence-corrected chi connectivity index (χ0v) is 14.9. The van der Waals surface area contributed by atoms with Gasteiger partial charge in [0, 0.05) is 43.2 Å². The van der Waals surface area contributed by atoms with Crippen molar-refractivity contribution < 1.29 is 13.2 Å². The molecule has 0 saturated carbocycles. The number of benzene rings is 1. The maximum atomic E-state index is 12.8. The Kier molecular flexibility index (Phi) is 7.26. The molecule has 24 heavy (non-hydrogen) atoms. The lowest BCUT2D eigenvalue weighted by Crippen LogP contribution is -2.16. The molecule has 2 aromatic rings. The first-order valence-electron chi connectivity index (χ1n) is 8.29. The highest BCUT2D eigenvalue weighted by molar-refractivity contribution is 5.61. The topological polar surface area (TPSA) is 16.1 Å². The van der Waals surface area contributed by atoms with Crippen molar-refractivity contribution in [2.24, 2.45) is 0 Å². The van der Waals surface area contributed by atoms with Crippen LogP contribution in [0.4, 0.5) is 18.9 Å². The number of hydrogen-bond donors (Lipinski definition) is 0. The molecule has 1 aliphatic heterocycles. The van der Waals surface area contributed by atoms with E-state index in [1.54, 1.807) is 18.5 Å². The van der Waals surface area contributed by atoms with Crippen LogP contribution in [-0.2, 0) is 6.18 Å². The molecule has 0 N–H and O–H groups in total. The number of halogens is 3. The minimum atomic E-state index is -4.31. The Morgan fingerprint density at radius 2 is 1.75 bits per heavy atom. The second kappa shape index (κ2) is 8.71. The minimum Gasteiger partial charge on any atom is -0.373 e. The van der Waals surface area contributed by atoms with Crippen LogP contribution in [0.2, 0.25) is 0 Å². The summed E-state index contributed by atoms with van der Waals surface area (Å²) in [6.07, 6.45) is -0.869. The van der Waals surface area contributed by atoms with Crippen LogP contribution in [0.15, 0.2) is 42.7 Å². The number of hydrogen-bond acceptors (Lipinski definition) is 2. The average molecular weight is 338 g/mol. The fourth-order valence-electron chi connectivity index (χ4n) is 2.70. The van der Waals surface area contributed by atoms with Crippen LogP contribution >= 0.6 is 0 Å². The van der Waals surface area contributed by atoms with E-state index in [0.29, 0.717) is 12.1 Å². The molecule has 132 valence electrons. The minimum absolute atomic E-state index is 0.0639. The predicted octanol–water partition coefficient (Wildman–Crippen LogP) is 5.73. The zero-order chi connectivity index (χ0) is 18.3. The molecule has 1 unspecified atom stereocenters. The molecule has 1 aromatic carbocycles. The monoisotopic (exact) mass is 338 g/mol. The van der Waals surface area contributed by atoms with Crippen molar-refractivity contribution in [1.82, 2.24) is 4.98 Å². The number of likely N-dealkylation sites (N-methyl/N-ethyl adjacent to an activating group) is 1. The second-order valence-corrected chi connectivity index (χ2v) is 4.99. The van der Waals surface area contributed by atoms with Crippen LogP contribution in [0.1, 0.15) is 50.3 Å². The number of rotatable bonds is 1. The first-order valence-corrected chi connectivity index (χ1v) is 8.29. The van der Waals surface area contributed by atoms with Gasteiger partial charge in [0.05, 0.1) is 5.56 Å². The first-order chi connectivity index (χ1) is 11.5. The lowest BCUT2D eigenvalue weighted by atomic mass is 9.93. The number of alkyl halides is 3. The summed E-state index contributed by atoms with van der Waals surface area (Å²) in [5.41, 5.74) is 2.09. The highest BCUT2D eigenvalue weighted by Crippen LogP contribution is 2.40. The Balaban J connectivity index is 0.000000671. The average Bonchev–Trinajstić information content (AvgIpc) is 2.95. The van der Waals surface area contributed by atoms with Crippen molar-refractivity contribution in [3.05, 3.63) is 59.4 Å². The molecule has 0 radical (unpaired) electrons. The van der Waals surface area contributed by atoms with Crippen LogP contribution in [0.25, 0.3) is 0 Å². The van der Waals surface area contributed by atoms with Gasteiger partial charge >= 0.3 is 6.18 Å². The summed E-state index contributed by atoms with van der Waals surface area (Å²) in [6, 6.07) is 7.44. The van der Waals surface area contributed by atoms with Gasteiger partial charge in [0.2, 0.25) is 0 Å². The summed E-state index contributed by atoms with van der Waals surface area (Å²) >= 11 is 0. The van der Waals surface area contributed by atoms with Gasteiger partial charge in [-0.15, -0.1) is 0 Å². The van der Waals surface area contributed by atoms with E-state index < -0.39 is 11.7 Å². The number of anilines is 1. The van der Waals surface area contributed by atoms with Gasteiger partial charge in [0.1, 0.15) is 0 Å². The summed E-state index contributed by atoms with van der Waals surface area (Å²) in [5.74, 6) is -0.0639. The fraction of sp³-hybridized carbons (Fsp3) is 0.421. The SMILES string of the molecule is CC.CC.CN1CC(c2cccc(C(F)(F)F)c2)c2cnccc21. The largest absolute Gasteiger partial charge is 0.416 e. The Morgan fingerprint density at radius 3 is 2.38 bits per heavy atom. The molecule has 2 heterocycles. The summed E-state index contributed by atoms with van der Waals surface area (Å²) in [5, 5.41) is 0. The van der Waals surface area contributed by atoms with Crippen molar-refractivity contribution in [2.45, 2.75) is 39.8 Å². The van der Waals surface area contributed by atoms with E-state index in [2.05, 4.69) is 4.98 Å². The molecular formula is C19H25F3N2. The Hall–Kier alpha value is -2.04. The number of fused-ring (bicyclic) bond motifs is 1. The van der Waals surface area contributed by atoms with Crippen molar-refractivity contribution in [3.8, 4) is 0 Å². The Labute approximate surface area is 142 Å². The molecule has 0 saturated heterocycles. The van der Waals surface area contributed by atoms with E-state index in [-0.39, 0.29) is 5.92 Å². The molecule has 0 fully saturated rings. The predicted molar refractivity (Wildman–Crippen MR) is 93.5 cm³/mol. The fourth-order valence-corrected chi connectivity index (χ4v) is 2.70. The van der Waals surface area contributed by atoms with Crippen LogP contribution in [0, 0.1) is 0 Å². The molecule has 1 aromatic heterocycles. The molecular weight excluding hydrogens is 313 g/mol.